The third kappa shape index (κ3) is 4.01. The van der Waals surface area contributed by atoms with Crippen LogP contribution in [0.2, 0.25) is 0 Å². The molecule has 2 N–H and O–H groups in total. The Morgan fingerprint density at radius 3 is 2.29 bits per heavy atom. The van der Waals surface area contributed by atoms with Crippen LogP contribution in [0, 0.1) is 0 Å². The maximum absolute atomic E-state index is 12.6. The molecule has 0 heterocycles. The molecule has 0 amide bonds. The summed E-state index contributed by atoms with van der Waals surface area (Å²) in [6.45, 7) is 1.88. The van der Waals surface area contributed by atoms with Gasteiger partial charge in [0.2, 0.25) is 0 Å². The predicted octanol–water partition coefficient (Wildman–Crippen LogP) is 3.13. The average molecular weight is 313 g/mol. The average Bonchev–Trinajstić information content (AvgIpc) is 2.52. The van der Waals surface area contributed by atoms with Crippen LogP contribution in [0.25, 0.3) is 0 Å². The first kappa shape index (κ1) is 18.1. The third-order valence-electron chi connectivity index (χ3n) is 3.57. The van der Waals surface area contributed by atoms with Crippen LogP contribution in [0.4, 0.5) is 0 Å². The molecule has 6 heteroatoms. The number of hydrogen-bond donors (Lipinski definition) is 1. The maximum atomic E-state index is 12.6. The molecule has 5 nitrogen and oxygen atoms in total. The molecule has 1 atom stereocenters. The first-order valence-corrected chi connectivity index (χ1v) is 8.55. The van der Waals surface area contributed by atoms with E-state index in [0.29, 0.717) is 12.8 Å². The van der Waals surface area contributed by atoms with Gasteiger partial charge >= 0.3 is 7.60 Å². The van der Waals surface area contributed by atoms with E-state index < -0.39 is 12.9 Å². The highest BCUT2D eigenvalue weighted by molar-refractivity contribution is 7.56. The molecule has 0 bridgehead atoms. The summed E-state index contributed by atoms with van der Waals surface area (Å²) in [5, 5.41) is -1.58. The van der Waals surface area contributed by atoms with Crippen molar-refractivity contribution in [3.05, 3.63) is 35.9 Å². The van der Waals surface area contributed by atoms with E-state index in [1.807, 2.05) is 37.3 Å². The van der Waals surface area contributed by atoms with E-state index in [9.17, 15) is 9.36 Å². The van der Waals surface area contributed by atoms with Gasteiger partial charge in [-0.25, -0.2) is 0 Å². The van der Waals surface area contributed by atoms with Crippen LogP contribution < -0.4 is 5.73 Å². The summed E-state index contributed by atoms with van der Waals surface area (Å²) in [7, 11) is -1.16. The van der Waals surface area contributed by atoms with Crippen molar-refractivity contribution >= 4 is 13.4 Å². The zero-order valence-corrected chi connectivity index (χ0v) is 13.8. The first-order valence-electron chi connectivity index (χ1n) is 7.01. The maximum Gasteiger partial charge on any atom is 0.357 e. The second-order valence-corrected chi connectivity index (χ2v) is 7.47. The van der Waals surface area contributed by atoms with Crippen LogP contribution in [0.15, 0.2) is 30.3 Å². The third-order valence-corrected chi connectivity index (χ3v) is 5.98. The van der Waals surface area contributed by atoms with E-state index in [0.717, 1.165) is 5.56 Å². The van der Waals surface area contributed by atoms with E-state index >= 15 is 0 Å². The summed E-state index contributed by atoms with van der Waals surface area (Å²) in [5.41, 5.74) is 7.19. The topological polar surface area (TPSA) is 78.6 Å². The molecule has 0 fully saturated rings. The lowest BCUT2D eigenvalue weighted by molar-refractivity contribution is -0.122. The van der Waals surface area contributed by atoms with Gasteiger partial charge in [0.05, 0.1) is 0 Å². The number of carbonyl (C=O) groups is 1. The van der Waals surface area contributed by atoms with Gasteiger partial charge in [-0.15, -0.1) is 0 Å². The Balaban J connectivity index is 2.89. The lowest BCUT2D eigenvalue weighted by atomic mass is 10.0. The van der Waals surface area contributed by atoms with E-state index in [1.165, 1.54) is 14.2 Å². The Morgan fingerprint density at radius 1 is 1.24 bits per heavy atom. The minimum Gasteiger partial charge on any atom is -0.310 e. The molecular weight excluding hydrogens is 289 g/mol. The van der Waals surface area contributed by atoms with Crippen LogP contribution in [-0.4, -0.2) is 25.3 Å². The Hall–Kier alpha value is -1.00. The molecule has 21 heavy (non-hydrogen) atoms. The van der Waals surface area contributed by atoms with Crippen molar-refractivity contribution < 1.29 is 18.4 Å². The van der Waals surface area contributed by atoms with Crippen molar-refractivity contribution in [3.63, 3.8) is 0 Å². The fourth-order valence-corrected chi connectivity index (χ4v) is 4.04. The zero-order chi connectivity index (χ0) is 15.9. The zero-order valence-electron chi connectivity index (χ0n) is 12.9. The summed E-state index contributed by atoms with van der Waals surface area (Å²) >= 11 is 0. The van der Waals surface area contributed by atoms with E-state index in [1.54, 1.807) is 0 Å². The summed E-state index contributed by atoms with van der Waals surface area (Å²) in [4.78, 5) is 12.5. The number of carbonyl (C=O) groups excluding carboxylic acids is 1. The van der Waals surface area contributed by atoms with Crippen LogP contribution in [0.5, 0.6) is 0 Å². The Labute approximate surface area is 126 Å². The number of Topliss-reactive ketones (excluding diaryl/α,β-unsaturated/α-hetero) is 1. The molecule has 1 rings (SSSR count). The lowest BCUT2D eigenvalue weighted by Gasteiger charge is -2.32. The molecule has 0 saturated carbocycles. The van der Waals surface area contributed by atoms with Gasteiger partial charge in [-0.1, -0.05) is 43.7 Å². The number of hydrogen-bond acceptors (Lipinski definition) is 5. The Morgan fingerprint density at radius 2 is 1.81 bits per heavy atom. The molecule has 0 saturated heterocycles. The highest BCUT2D eigenvalue weighted by Gasteiger charge is 2.51. The summed E-state index contributed by atoms with van der Waals surface area (Å²) in [6, 6.07) is 9.63. The Bertz CT molecular complexity index is 498. The van der Waals surface area contributed by atoms with Crippen LogP contribution >= 0.6 is 7.60 Å². The summed E-state index contributed by atoms with van der Waals surface area (Å²) in [6.07, 6.45) is 1.64. The molecule has 0 aromatic heterocycles. The van der Waals surface area contributed by atoms with Crippen LogP contribution in [0.1, 0.15) is 31.7 Å². The molecule has 0 aliphatic carbocycles. The second kappa shape index (κ2) is 7.85. The molecule has 0 unspecified atom stereocenters. The van der Waals surface area contributed by atoms with Gasteiger partial charge in [-0.3, -0.25) is 9.36 Å². The van der Waals surface area contributed by atoms with Crippen LogP contribution in [-0.2, 0) is 24.8 Å². The smallest absolute Gasteiger partial charge is 0.310 e. The molecule has 1 aromatic carbocycles. The summed E-state index contributed by atoms with van der Waals surface area (Å²) < 4.78 is 22.6. The van der Waals surface area contributed by atoms with Crippen molar-refractivity contribution in [1.82, 2.24) is 0 Å². The SMILES string of the molecule is CCC[C@](N)(C(=O)CCc1ccccc1)P(=O)(OC)OC. The number of ketones is 1. The largest absolute Gasteiger partial charge is 0.357 e. The van der Waals surface area contributed by atoms with E-state index in [-0.39, 0.29) is 18.6 Å². The minimum atomic E-state index is -3.67. The molecule has 0 aliphatic rings. The first-order chi connectivity index (χ1) is 9.93. The van der Waals surface area contributed by atoms with Crippen molar-refractivity contribution in [3.8, 4) is 0 Å². The molecular formula is C15H24NO4P. The summed E-state index contributed by atoms with van der Waals surface area (Å²) in [5.74, 6) is -0.291. The van der Waals surface area contributed by atoms with Gasteiger partial charge in [0, 0.05) is 20.6 Å². The predicted molar refractivity (Wildman–Crippen MR) is 83.2 cm³/mol. The highest BCUT2D eigenvalue weighted by atomic mass is 31.2. The van der Waals surface area contributed by atoms with Gasteiger partial charge in [0.15, 0.2) is 11.1 Å². The van der Waals surface area contributed by atoms with E-state index in [4.69, 9.17) is 14.8 Å². The van der Waals surface area contributed by atoms with Crippen molar-refractivity contribution in [1.29, 1.82) is 0 Å². The number of aryl methyl sites for hydroxylation is 1. The van der Waals surface area contributed by atoms with Crippen LogP contribution in [0.3, 0.4) is 0 Å². The fraction of sp³-hybridized carbons (Fsp3) is 0.533. The second-order valence-electron chi connectivity index (χ2n) is 4.95. The highest BCUT2D eigenvalue weighted by Crippen LogP contribution is 2.58. The number of benzene rings is 1. The van der Waals surface area contributed by atoms with Gasteiger partial charge in [0.25, 0.3) is 0 Å². The fourth-order valence-electron chi connectivity index (χ4n) is 2.33. The van der Waals surface area contributed by atoms with Gasteiger partial charge in [-0.05, 0) is 18.4 Å². The van der Waals surface area contributed by atoms with Crippen molar-refractivity contribution in [2.24, 2.45) is 5.73 Å². The molecule has 0 spiro atoms. The van der Waals surface area contributed by atoms with Crippen molar-refractivity contribution in [2.45, 2.75) is 37.9 Å². The number of rotatable bonds is 9. The monoisotopic (exact) mass is 313 g/mol. The van der Waals surface area contributed by atoms with E-state index in [2.05, 4.69) is 0 Å². The standard InChI is InChI=1S/C15H24NO4P/c1-4-12-15(16,21(18,19-2)20-3)14(17)11-10-13-8-6-5-7-9-13/h5-9H,4,10-12,16H2,1-3H3/t15-/m1/s1. The normalized spacial score (nSPS) is 14.7. The number of nitrogens with two attached hydrogens (primary N) is 1. The Kier molecular flexibility index (Phi) is 6.75. The van der Waals surface area contributed by atoms with Gasteiger partial charge in [0.1, 0.15) is 0 Å². The molecule has 0 aliphatic heterocycles. The van der Waals surface area contributed by atoms with Gasteiger partial charge in [-0.2, -0.15) is 0 Å². The lowest BCUT2D eigenvalue weighted by Crippen LogP contribution is -2.48. The minimum absolute atomic E-state index is 0.206. The molecule has 0 radical (unpaired) electrons. The molecule has 1 aromatic rings. The van der Waals surface area contributed by atoms with Gasteiger partial charge < -0.3 is 14.8 Å². The quantitative estimate of drug-likeness (QED) is 0.709. The molecule has 118 valence electrons. The van der Waals surface area contributed by atoms with Crippen molar-refractivity contribution in [2.75, 3.05) is 14.2 Å².